The van der Waals surface area contributed by atoms with E-state index in [2.05, 4.69) is 69.2 Å². The van der Waals surface area contributed by atoms with E-state index in [9.17, 15) is 0 Å². The molecule has 0 aromatic heterocycles. The summed E-state index contributed by atoms with van der Waals surface area (Å²) < 4.78 is 0. The highest BCUT2D eigenvalue weighted by atomic mass is 15.1. The number of benzene rings is 1. The third kappa shape index (κ3) is 4.79. The number of likely N-dealkylation sites (N-methyl/N-ethyl adjacent to an activating group) is 2. The van der Waals surface area contributed by atoms with Gasteiger partial charge < -0.3 is 10.2 Å². The Morgan fingerprint density at radius 3 is 2.17 bits per heavy atom. The van der Waals surface area contributed by atoms with Crippen molar-refractivity contribution in [2.75, 3.05) is 20.6 Å². The maximum absolute atomic E-state index is 3.34. The second-order valence-corrected chi connectivity index (χ2v) is 6.20. The number of hydrogen-bond acceptors (Lipinski definition) is 2. The lowest BCUT2D eigenvalue weighted by atomic mass is 10.0. The van der Waals surface area contributed by atoms with Crippen LogP contribution in [0, 0.1) is 0 Å². The molecule has 0 saturated carbocycles. The fourth-order valence-corrected chi connectivity index (χ4v) is 2.13. The normalized spacial score (nSPS) is 12.4. The summed E-state index contributed by atoms with van der Waals surface area (Å²) in [6.45, 7) is 11.0. The summed E-state index contributed by atoms with van der Waals surface area (Å²) in [6, 6.07) is 8.99. The van der Waals surface area contributed by atoms with Crippen LogP contribution in [0.5, 0.6) is 0 Å². The largest absolute Gasteiger partial charge is 0.314 e. The molecule has 0 bridgehead atoms. The van der Waals surface area contributed by atoms with Crippen LogP contribution in [0.4, 0.5) is 0 Å². The van der Waals surface area contributed by atoms with E-state index in [4.69, 9.17) is 0 Å². The molecular weight excluding hydrogens is 220 g/mol. The van der Waals surface area contributed by atoms with Gasteiger partial charge in [0.2, 0.25) is 0 Å². The van der Waals surface area contributed by atoms with Crippen LogP contribution in [-0.2, 0) is 6.54 Å². The fourth-order valence-electron chi connectivity index (χ4n) is 2.13. The average molecular weight is 248 g/mol. The molecule has 2 nitrogen and oxygen atoms in total. The third-order valence-electron chi connectivity index (χ3n) is 3.44. The predicted octanol–water partition coefficient (Wildman–Crippen LogP) is 3.24. The summed E-state index contributed by atoms with van der Waals surface area (Å²) >= 11 is 0. The summed E-state index contributed by atoms with van der Waals surface area (Å²) in [5, 5.41) is 3.34. The lowest BCUT2D eigenvalue weighted by Crippen LogP contribution is -2.46. The van der Waals surface area contributed by atoms with Crippen LogP contribution in [0.2, 0.25) is 0 Å². The fraction of sp³-hybridized carbons (Fsp3) is 0.625. The Morgan fingerprint density at radius 2 is 1.72 bits per heavy atom. The van der Waals surface area contributed by atoms with Crippen molar-refractivity contribution >= 4 is 0 Å². The highest BCUT2D eigenvalue weighted by Gasteiger charge is 2.17. The van der Waals surface area contributed by atoms with E-state index in [1.807, 2.05) is 7.05 Å². The van der Waals surface area contributed by atoms with Crippen molar-refractivity contribution in [3.8, 4) is 0 Å². The van der Waals surface area contributed by atoms with Crippen LogP contribution < -0.4 is 5.32 Å². The molecule has 0 radical (unpaired) electrons. The van der Waals surface area contributed by atoms with E-state index in [0.717, 1.165) is 13.1 Å². The first-order valence-electron chi connectivity index (χ1n) is 6.80. The first kappa shape index (κ1) is 15.2. The van der Waals surface area contributed by atoms with Crippen LogP contribution in [0.15, 0.2) is 24.3 Å². The van der Waals surface area contributed by atoms with Gasteiger partial charge in [0, 0.05) is 18.6 Å². The van der Waals surface area contributed by atoms with E-state index in [1.54, 1.807) is 0 Å². The topological polar surface area (TPSA) is 15.3 Å². The van der Waals surface area contributed by atoms with Crippen LogP contribution in [0.25, 0.3) is 0 Å². The molecule has 1 N–H and O–H groups in total. The highest BCUT2D eigenvalue weighted by Crippen LogP contribution is 2.16. The summed E-state index contributed by atoms with van der Waals surface area (Å²) in [5.41, 5.74) is 2.96. The van der Waals surface area contributed by atoms with Gasteiger partial charge in [-0.2, -0.15) is 0 Å². The van der Waals surface area contributed by atoms with Gasteiger partial charge in [-0.15, -0.1) is 0 Å². The molecule has 18 heavy (non-hydrogen) atoms. The Morgan fingerprint density at radius 1 is 1.17 bits per heavy atom. The van der Waals surface area contributed by atoms with Crippen molar-refractivity contribution < 1.29 is 0 Å². The van der Waals surface area contributed by atoms with Gasteiger partial charge in [-0.05, 0) is 45.0 Å². The molecule has 1 rings (SSSR count). The van der Waals surface area contributed by atoms with Gasteiger partial charge in [0.25, 0.3) is 0 Å². The molecule has 0 spiro atoms. The molecule has 0 amide bonds. The average Bonchev–Trinajstić information content (AvgIpc) is 2.29. The van der Waals surface area contributed by atoms with Crippen molar-refractivity contribution in [3.05, 3.63) is 35.4 Å². The molecular formula is C16H28N2. The molecule has 0 unspecified atom stereocenters. The zero-order chi connectivity index (χ0) is 13.8. The Kier molecular flexibility index (Phi) is 5.36. The van der Waals surface area contributed by atoms with E-state index >= 15 is 0 Å². The Labute approximate surface area is 112 Å². The lowest BCUT2D eigenvalue weighted by Gasteiger charge is -2.30. The molecule has 1 aromatic carbocycles. The minimum absolute atomic E-state index is 0.159. The molecule has 1 aromatic rings. The standard InChI is InChI=1S/C16H28N2/c1-13(2)15-9-7-14(8-10-15)11-18(6)12-16(3,4)17-5/h7-10,13,17H,11-12H2,1-6H3. The summed E-state index contributed by atoms with van der Waals surface area (Å²) in [7, 11) is 4.20. The molecule has 0 atom stereocenters. The first-order chi connectivity index (χ1) is 8.34. The van der Waals surface area contributed by atoms with Crippen LogP contribution >= 0.6 is 0 Å². The number of rotatable bonds is 6. The maximum Gasteiger partial charge on any atom is 0.0249 e. The molecule has 0 aliphatic carbocycles. The summed E-state index contributed by atoms with van der Waals surface area (Å²) in [5.74, 6) is 0.611. The van der Waals surface area contributed by atoms with Gasteiger partial charge >= 0.3 is 0 Å². The summed E-state index contributed by atoms with van der Waals surface area (Å²) in [6.07, 6.45) is 0. The molecule has 102 valence electrons. The molecule has 0 saturated heterocycles. The molecule has 2 heteroatoms. The number of hydrogen-bond donors (Lipinski definition) is 1. The maximum atomic E-state index is 3.34. The van der Waals surface area contributed by atoms with Crippen molar-refractivity contribution in [2.24, 2.45) is 0 Å². The zero-order valence-electron chi connectivity index (χ0n) is 12.7. The van der Waals surface area contributed by atoms with Gasteiger partial charge in [-0.1, -0.05) is 38.1 Å². The minimum atomic E-state index is 0.159. The van der Waals surface area contributed by atoms with Crippen molar-refractivity contribution in [3.63, 3.8) is 0 Å². The number of nitrogens with zero attached hydrogens (tertiary/aromatic N) is 1. The predicted molar refractivity (Wildman–Crippen MR) is 80.0 cm³/mol. The highest BCUT2D eigenvalue weighted by molar-refractivity contribution is 5.24. The van der Waals surface area contributed by atoms with E-state index < -0.39 is 0 Å². The third-order valence-corrected chi connectivity index (χ3v) is 3.44. The van der Waals surface area contributed by atoms with Crippen molar-refractivity contribution in [1.29, 1.82) is 0 Å². The minimum Gasteiger partial charge on any atom is -0.314 e. The van der Waals surface area contributed by atoms with Crippen LogP contribution in [0.1, 0.15) is 44.7 Å². The second-order valence-electron chi connectivity index (χ2n) is 6.20. The second kappa shape index (κ2) is 6.35. The van der Waals surface area contributed by atoms with E-state index in [-0.39, 0.29) is 5.54 Å². The van der Waals surface area contributed by atoms with E-state index in [0.29, 0.717) is 5.92 Å². The first-order valence-corrected chi connectivity index (χ1v) is 6.80. The SMILES string of the molecule is CNC(C)(C)CN(C)Cc1ccc(C(C)C)cc1. The van der Waals surface area contributed by atoms with Crippen LogP contribution in [0.3, 0.4) is 0 Å². The van der Waals surface area contributed by atoms with Crippen LogP contribution in [-0.4, -0.2) is 31.1 Å². The zero-order valence-corrected chi connectivity index (χ0v) is 12.7. The Balaban J connectivity index is 2.57. The van der Waals surface area contributed by atoms with Gasteiger partial charge in [-0.3, -0.25) is 0 Å². The Hall–Kier alpha value is -0.860. The Bertz CT molecular complexity index is 352. The van der Waals surface area contributed by atoms with Gasteiger partial charge in [0.1, 0.15) is 0 Å². The van der Waals surface area contributed by atoms with Crippen molar-refractivity contribution in [1.82, 2.24) is 10.2 Å². The van der Waals surface area contributed by atoms with Gasteiger partial charge in [-0.25, -0.2) is 0 Å². The summed E-state index contributed by atoms with van der Waals surface area (Å²) in [4.78, 5) is 2.36. The van der Waals surface area contributed by atoms with Gasteiger partial charge in [0.15, 0.2) is 0 Å². The molecule has 0 aliphatic heterocycles. The molecule has 0 fully saturated rings. The monoisotopic (exact) mass is 248 g/mol. The smallest absolute Gasteiger partial charge is 0.0249 e. The number of nitrogens with one attached hydrogen (secondary N) is 1. The molecule has 0 heterocycles. The lowest BCUT2D eigenvalue weighted by molar-refractivity contribution is 0.238. The van der Waals surface area contributed by atoms with E-state index in [1.165, 1.54) is 11.1 Å². The van der Waals surface area contributed by atoms with Gasteiger partial charge in [0.05, 0.1) is 0 Å². The quantitative estimate of drug-likeness (QED) is 0.831. The molecule has 0 aliphatic rings. The van der Waals surface area contributed by atoms with Crippen molar-refractivity contribution in [2.45, 2.75) is 45.7 Å².